The Balaban J connectivity index is 1.55. The zero-order chi connectivity index (χ0) is 21.8. The van der Waals surface area contributed by atoms with Gasteiger partial charge in [0.1, 0.15) is 22.9 Å². The van der Waals surface area contributed by atoms with E-state index < -0.39 is 0 Å². The van der Waals surface area contributed by atoms with Gasteiger partial charge in [-0.05, 0) is 42.5 Å². The Bertz CT molecular complexity index is 1200. The molecule has 0 spiro atoms. The van der Waals surface area contributed by atoms with E-state index in [1.165, 1.54) is 0 Å². The van der Waals surface area contributed by atoms with Crippen LogP contribution in [0.5, 0.6) is 28.7 Å². The monoisotopic (exact) mass is 419 g/mol. The minimum absolute atomic E-state index is 0.304. The number of carbonyl (C=O) groups excluding carboxylic acids is 1. The molecule has 4 aromatic rings. The average Bonchev–Trinajstić information content (AvgIpc) is 3.25. The Kier molecular flexibility index (Phi) is 5.61. The van der Waals surface area contributed by atoms with Crippen LogP contribution in [0.2, 0.25) is 0 Å². The highest BCUT2D eigenvalue weighted by molar-refractivity contribution is 6.08. The van der Waals surface area contributed by atoms with Gasteiger partial charge in [-0.3, -0.25) is 9.78 Å². The number of fused-ring (bicyclic) bond motifs is 1. The summed E-state index contributed by atoms with van der Waals surface area (Å²) < 4.78 is 22.0. The molecule has 158 valence electrons. The van der Waals surface area contributed by atoms with Gasteiger partial charge in [-0.25, -0.2) is 0 Å². The van der Waals surface area contributed by atoms with Crippen LogP contribution in [0, 0.1) is 0 Å². The summed E-state index contributed by atoms with van der Waals surface area (Å²) >= 11 is 0. The smallest absolute Gasteiger partial charge is 0.272 e. The van der Waals surface area contributed by atoms with Gasteiger partial charge in [0.05, 0.1) is 26.8 Å². The largest absolute Gasteiger partial charge is 0.496 e. The maximum atomic E-state index is 12.8. The molecular weight excluding hydrogens is 398 g/mol. The summed E-state index contributed by atoms with van der Waals surface area (Å²) in [5, 5.41) is 3.58. The van der Waals surface area contributed by atoms with Crippen LogP contribution in [-0.4, -0.2) is 37.2 Å². The van der Waals surface area contributed by atoms with Gasteiger partial charge in [0.15, 0.2) is 11.5 Å². The normalized spacial score (nSPS) is 10.5. The molecule has 0 aliphatic heterocycles. The van der Waals surface area contributed by atoms with Gasteiger partial charge in [-0.1, -0.05) is 0 Å². The predicted octanol–water partition coefficient (Wildman–Crippen LogP) is 4.63. The van der Waals surface area contributed by atoms with Crippen molar-refractivity contribution >= 4 is 22.5 Å². The molecule has 2 aromatic carbocycles. The molecule has 0 saturated heterocycles. The second-order valence-corrected chi connectivity index (χ2v) is 6.55. The number of anilines is 1. The zero-order valence-electron chi connectivity index (χ0n) is 17.3. The molecule has 0 saturated carbocycles. The van der Waals surface area contributed by atoms with Crippen molar-refractivity contribution < 1.29 is 23.7 Å². The molecule has 8 nitrogen and oxygen atoms in total. The Morgan fingerprint density at radius 3 is 2.19 bits per heavy atom. The molecule has 0 aliphatic rings. The molecule has 8 heteroatoms. The number of amides is 1. The first-order valence-electron chi connectivity index (χ1n) is 9.44. The van der Waals surface area contributed by atoms with E-state index in [1.54, 1.807) is 82.3 Å². The summed E-state index contributed by atoms with van der Waals surface area (Å²) in [6.45, 7) is 0. The number of carbonyl (C=O) groups is 1. The van der Waals surface area contributed by atoms with Gasteiger partial charge < -0.3 is 29.2 Å². The lowest BCUT2D eigenvalue weighted by atomic mass is 10.2. The molecule has 0 aliphatic carbocycles. The van der Waals surface area contributed by atoms with E-state index in [2.05, 4.69) is 15.3 Å². The van der Waals surface area contributed by atoms with E-state index in [0.29, 0.717) is 51.0 Å². The summed E-state index contributed by atoms with van der Waals surface area (Å²) in [7, 11) is 4.64. The van der Waals surface area contributed by atoms with Crippen molar-refractivity contribution in [3.05, 3.63) is 66.6 Å². The van der Waals surface area contributed by atoms with Crippen molar-refractivity contribution in [2.24, 2.45) is 0 Å². The van der Waals surface area contributed by atoms with Crippen LogP contribution in [0.3, 0.4) is 0 Å². The first-order chi connectivity index (χ1) is 15.1. The zero-order valence-corrected chi connectivity index (χ0v) is 17.3. The molecular formula is C23H21N3O5. The van der Waals surface area contributed by atoms with Gasteiger partial charge in [0, 0.05) is 29.5 Å². The minimum Gasteiger partial charge on any atom is -0.496 e. The highest BCUT2D eigenvalue weighted by Gasteiger charge is 2.19. The van der Waals surface area contributed by atoms with Crippen molar-refractivity contribution in [3.63, 3.8) is 0 Å². The van der Waals surface area contributed by atoms with E-state index in [9.17, 15) is 4.79 Å². The average molecular weight is 419 g/mol. The second kappa shape index (κ2) is 8.66. The number of ether oxygens (including phenoxy) is 4. The topological polar surface area (TPSA) is 94.7 Å². The Morgan fingerprint density at radius 2 is 1.55 bits per heavy atom. The van der Waals surface area contributed by atoms with Gasteiger partial charge >= 0.3 is 0 Å². The maximum absolute atomic E-state index is 12.8. The first kappa shape index (κ1) is 20.1. The summed E-state index contributed by atoms with van der Waals surface area (Å²) in [6, 6.07) is 14.1. The van der Waals surface area contributed by atoms with E-state index in [4.69, 9.17) is 18.9 Å². The van der Waals surface area contributed by atoms with Gasteiger partial charge in [-0.2, -0.15) is 0 Å². The standard InChI is InChI=1S/C23H21N3O5/c1-28-19-13-20(29-2)22(30-3)21-17(19)12-18(26-21)23(27)25-14-4-6-15(7-5-14)31-16-8-10-24-11-9-16/h4-13,26H,1-3H3,(H,25,27). The van der Waals surface area contributed by atoms with Crippen LogP contribution in [-0.2, 0) is 0 Å². The summed E-state index contributed by atoms with van der Waals surface area (Å²) in [5.41, 5.74) is 1.60. The molecule has 4 rings (SSSR count). The molecule has 31 heavy (non-hydrogen) atoms. The summed E-state index contributed by atoms with van der Waals surface area (Å²) in [6.07, 6.45) is 3.31. The third-order valence-corrected chi connectivity index (χ3v) is 4.68. The van der Waals surface area contributed by atoms with E-state index in [0.717, 1.165) is 0 Å². The fourth-order valence-corrected chi connectivity index (χ4v) is 3.21. The molecule has 2 heterocycles. The number of nitrogens with one attached hydrogen (secondary N) is 2. The number of methoxy groups -OCH3 is 3. The molecule has 1 amide bonds. The third-order valence-electron chi connectivity index (χ3n) is 4.68. The highest BCUT2D eigenvalue weighted by atomic mass is 16.5. The number of aromatic amines is 1. The summed E-state index contributed by atoms with van der Waals surface area (Å²) in [5.74, 6) is 2.60. The van der Waals surface area contributed by atoms with Crippen molar-refractivity contribution in [1.82, 2.24) is 9.97 Å². The number of H-pyrrole nitrogens is 1. The molecule has 0 fully saturated rings. The van der Waals surface area contributed by atoms with Crippen LogP contribution >= 0.6 is 0 Å². The lowest BCUT2D eigenvalue weighted by Gasteiger charge is -2.11. The lowest BCUT2D eigenvalue weighted by Crippen LogP contribution is -2.12. The molecule has 0 atom stereocenters. The minimum atomic E-state index is -0.304. The molecule has 2 N–H and O–H groups in total. The number of rotatable bonds is 7. The van der Waals surface area contributed by atoms with Gasteiger partial charge in [0.2, 0.25) is 0 Å². The van der Waals surface area contributed by atoms with Crippen LogP contribution in [0.15, 0.2) is 60.9 Å². The molecule has 0 radical (unpaired) electrons. The molecule has 0 bridgehead atoms. The molecule has 2 aromatic heterocycles. The molecule has 0 unspecified atom stereocenters. The fourth-order valence-electron chi connectivity index (χ4n) is 3.21. The third kappa shape index (κ3) is 4.09. The fraction of sp³-hybridized carbons (Fsp3) is 0.130. The van der Waals surface area contributed by atoms with Crippen molar-refractivity contribution in [2.45, 2.75) is 0 Å². The number of hydrogen-bond acceptors (Lipinski definition) is 6. The number of nitrogens with zero attached hydrogens (tertiary/aromatic N) is 1. The lowest BCUT2D eigenvalue weighted by molar-refractivity contribution is 0.102. The van der Waals surface area contributed by atoms with Crippen molar-refractivity contribution in [3.8, 4) is 28.7 Å². The number of benzene rings is 2. The number of aromatic nitrogens is 2. The van der Waals surface area contributed by atoms with Crippen LogP contribution in [0.1, 0.15) is 10.5 Å². The SMILES string of the molecule is COc1cc(OC)c2cc(C(=O)Nc3ccc(Oc4ccncc4)cc3)[nH]c2c1OC. The van der Waals surface area contributed by atoms with Crippen LogP contribution < -0.4 is 24.3 Å². The van der Waals surface area contributed by atoms with Gasteiger partial charge in [-0.15, -0.1) is 0 Å². The second-order valence-electron chi connectivity index (χ2n) is 6.55. The number of hydrogen-bond donors (Lipinski definition) is 2. The predicted molar refractivity (Wildman–Crippen MR) is 117 cm³/mol. The number of pyridine rings is 1. The van der Waals surface area contributed by atoms with Crippen LogP contribution in [0.25, 0.3) is 10.9 Å². The van der Waals surface area contributed by atoms with E-state index in [-0.39, 0.29) is 5.91 Å². The van der Waals surface area contributed by atoms with Crippen molar-refractivity contribution in [2.75, 3.05) is 26.6 Å². The van der Waals surface area contributed by atoms with Crippen molar-refractivity contribution in [1.29, 1.82) is 0 Å². The Labute approximate surface area is 178 Å². The highest BCUT2D eigenvalue weighted by Crippen LogP contribution is 2.41. The maximum Gasteiger partial charge on any atom is 0.272 e. The quantitative estimate of drug-likeness (QED) is 0.453. The van der Waals surface area contributed by atoms with E-state index in [1.807, 2.05) is 0 Å². The van der Waals surface area contributed by atoms with Gasteiger partial charge in [0.25, 0.3) is 5.91 Å². The Hall–Kier alpha value is -4.20. The first-order valence-corrected chi connectivity index (χ1v) is 9.44. The summed E-state index contributed by atoms with van der Waals surface area (Å²) in [4.78, 5) is 19.9. The Morgan fingerprint density at radius 1 is 0.871 bits per heavy atom. The van der Waals surface area contributed by atoms with E-state index >= 15 is 0 Å². The van der Waals surface area contributed by atoms with Crippen LogP contribution in [0.4, 0.5) is 5.69 Å².